The van der Waals surface area contributed by atoms with E-state index in [1.54, 1.807) is 29.2 Å². The highest BCUT2D eigenvalue weighted by Crippen LogP contribution is 2.33. The lowest BCUT2D eigenvalue weighted by atomic mass is 10.2. The number of thiocarbonyl (C=S) groups is 1. The number of hydrogen-bond donors (Lipinski definition) is 0. The molecule has 4 rings (SSSR count). The van der Waals surface area contributed by atoms with Crippen molar-refractivity contribution >= 4 is 46.0 Å². The van der Waals surface area contributed by atoms with Gasteiger partial charge in [0.15, 0.2) is 0 Å². The first-order valence-corrected chi connectivity index (χ1v) is 11.1. The number of nitro benzene ring substituents is 1. The molecule has 2 aromatic rings. The van der Waals surface area contributed by atoms with Crippen LogP contribution in [-0.2, 0) is 16.1 Å². The summed E-state index contributed by atoms with van der Waals surface area (Å²) >= 11 is 6.68. The zero-order valence-electron chi connectivity index (χ0n) is 16.6. The minimum absolute atomic E-state index is 0.0354. The molecule has 7 nitrogen and oxygen atoms in total. The number of amides is 1. The molecule has 0 aromatic heterocycles. The van der Waals surface area contributed by atoms with Gasteiger partial charge in [-0.15, -0.1) is 0 Å². The Bertz CT molecular complexity index is 1030. The molecule has 0 bridgehead atoms. The van der Waals surface area contributed by atoms with Crippen LogP contribution < -0.4 is 4.74 Å². The van der Waals surface area contributed by atoms with E-state index in [-0.39, 0.29) is 24.3 Å². The summed E-state index contributed by atoms with van der Waals surface area (Å²) in [6.45, 7) is 1.47. The van der Waals surface area contributed by atoms with Crippen molar-refractivity contribution in [3.05, 3.63) is 74.7 Å². The zero-order chi connectivity index (χ0) is 21.8. The molecule has 1 atom stereocenters. The molecule has 0 unspecified atom stereocenters. The topological polar surface area (TPSA) is 81.9 Å². The van der Waals surface area contributed by atoms with Crippen LogP contribution in [-0.4, -0.2) is 39.3 Å². The van der Waals surface area contributed by atoms with Crippen molar-refractivity contribution in [2.24, 2.45) is 0 Å². The van der Waals surface area contributed by atoms with Gasteiger partial charge < -0.3 is 9.47 Å². The van der Waals surface area contributed by atoms with E-state index >= 15 is 0 Å². The van der Waals surface area contributed by atoms with Crippen molar-refractivity contribution in [3.63, 3.8) is 0 Å². The monoisotopic (exact) mass is 456 g/mol. The highest BCUT2D eigenvalue weighted by atomic mass is 32.2. The minimum atomic E-state index is -0.429. The Hall–Kier alpha value is -2.75. The molecule has 2 saturated heterocycles. The first kappa shape index (κ1) is 21.5. The summed E-state index contributed by atoms with van der Waals surface area (Å²) in [6.07, 6.45) is 3.85. The summed E-state index contributed by atoms with van der Waals surface area (Å²) in [4.78, 5) is 25.4. The van der Waals surface area contributed by atoms with Crippen molar-refractivity contribution in [2.45, 2.75) is 25.6 Å². The summed E-state index contributed by atoms with van der Waals surface area (Å²) in [7, 11) is 0. The van der Waals surface area contributed by atoms with Crippen LogP contribution in [0.3, 0.4) is 0 Å². The minimum Gasteiger partial charge on any atom is -0.489 e. The summed E-state index contributed by atoms with van der Waals surface area (Å²) in [6, 6.07) is 13.7. The van der Waals surface area contributed by atoms with Gasteiger partial charge in [-0.2, -0.15) is 0 Å². The van der Waals surface area contributed by atoms with Gasteiger partial charge in [0.2, 0.25) is 0 Å². The molecule has 2 aliphatic heterocycles. The van der Waals surface area contributed by atoms with Gasteiger partial charge in [-0.1, -0.05) is 48.2 Å². The second kappa shape index (κ2) is 9.59. The number of nitro groups is 1. The van der Waals surface area contributed by atoms with Crippen LogP contribution in [0.2, 0.25) is 0 Å². The van der Waals surface area contributed by atoms with Crippen LogP contribution in [0.15, 0.2) is 53.4 Å². The lowest BCUT2D eigenvalue weighted by Crippen LogP contribution is -2.35. The Morgan fingerprint density at radius 1 is 1.29 bits per heavy atom. The predicted molar refractivity (Wildman–Crippen MR) is 123 cm³/mol. The van der Waals surface area contributed by atoms with E-state index in [1.807, 2.05) is 18.2 Å². The second-order valence-corrected chi connectivity index (χ2v) is 8.89. The number of benzene rings is 2. The lowest BCUT2D eigenvalue weighted by Gasteiger charge is -2.18. The van der Waals surface area contributed by atoms with Crippen molar-refractivity contribution in [2.75, 3.05) is 13.2 Å². The van der Waals surface area contributed by atoms with E-state index in [4.69, 9.17) is 21.7 Å². The smallest absolute Gasteiger partial charge is 0.269 e. The second-order valence-electron chi connectivity index (χ2n) is 7.21. The van der Waals surface area contributed by atoms with E-state index in [1.165, 1.54) is 23.9 Å². The average Bonchev–Trinajstić information content (AvgIpc) is 3.38. The number of nitrogens with zero attached hydrogens (tertiary/aromatic N) is 2. The SMILES string of the molecule is O=C1/C(=C/c2ccc(OCc3cccc([N+](=O)[O-])c3)cc2)SC(=S)N1C[C@@H]1CCCO1. The Morgan fingerprint density at radius 3 is 2.81 bits per heavy atom. The van der Waals surface area contributed by atoms with Crippen molar-refractivity contribution in [1.29, 1.82) is 0 Å². The van der Waals surface area contributed by atoms with E-state index in [9.17, 15) is 14.9 Å². The van der Waals surface area contributed by atoms with Crippen LogP contribution in [0.1, 0.15) is 24.0 Å². The third kappa shape index (κ3) is 5.30. The Morgan fingerprint density at radius 2 is 2.10 bits per heavy atom. The maximum absolute atomic E-state index is 12.7. The number of hydrogen-bond acceptors (Lipinski definition) is 7. The summed E-state index contributed by atoms with van der Waals surface area (Å²) < 4.78 is 11.9. The maximum atomic E-state index is 12.7. The lowest BCUT2D eigenvalue weighted by molar-refractivity contribution is -0.384. The molecule has 0 saturated carbocycles. The summed E-state index contributed by atoms with van der Waals surface area (Å²) in [5.41, 5.74) is 1.61. The van der Waals surface area contributed by atoms with Gasteiger partial charge >= 0.3 is 0 Å². The van der Waals surface area contributed by atoms with Crippen molar-refractivity contribution in [3.8, 4) is 5.75 Å². The fourth-order valence-electron chi connectivity index (χ4n) is 3.39. The molecule has 2 heterocycles. The maximum Gasteiger partial charge on any atom is 0.269 e. The third-order valence-corrected chi connectivity index (χ3v) is 6.37. The van der Waals surface area contributed by atoms with Crippen molar-refractivity contribution in [1.82, 2.24) is 4.90 Å². The summed E-state index contributed by atoms with van der Waals surface area (Å²) in [5, 5.41) is 10.9. The molecule has 0 N–H and O–H groups in total. The first-order chi connectivity index (χ1) is 15.0. The number of carbonyl (C=O) groups excluding carboxylic acids is 1. The van der Waals surface area contributed by atoms with Crippen LogP contribution in [0.5, 0.6) is 5.75 Å². The van der Waals surface area contributed by atoms with Gasteiger partial charge in [0.25, 0.3) is 11.6 Å². The molecular weight excluding hydrogens is 436 g/mol. The Balaban J connectivity index is 1.37. The molecule has 0 aliphatic carbocycles. The molecule has 0 spiro atoms. The quantitative estimate of drug-likeness (QED) is 0.262. The van der Waals surface area contributed by atoms with E-state index in [0.717, 1.165) is 25.0 Å². The molecule has 1 amide bonds. The molecule has 160 valence electrons. The van der Waals surface area contributed by atoms with Gasteiger partial charge in [0, 0.05) is 18.7 Å². The molecule has 0 radical (unpaired) electrons. The van der Waals surface area contributed by atoms with Gasteiger partial charge in [-0.25, -0.2) is 0 Å². The standard InChI is InChI=1S/C22H20N2O5S2/c25-21-20(31-22(30)23(21)13-19-5-2-10-28-19)12-15-6-8-18(9-7-15)29-14-16-3-1-4-17(11-16)24(26)27/h1,3-4,6-9,11-12,19H,2,5,10,13-14H2/b20-12-/t19-/m0/s1. The van der Waals surface area contributed by atoms with Crippen molar-refractivity contribution < 1.29 is 19.2 Å². The Labute approximate surface area is 189 Å². The highest BCUT2D eigenvalue weighted by Gasteiger charge is 2.34. The van der Waals surface area contributed by atoms with Crippen LogP contribution in [0, 0.1) is 10.1 Å². The predicted octanol–water partition coefficient (Wildman–Crippen LogP) is 4.55. The molecule has 2 aromatic carbocycles. The Kier molecular flexibility index (Phi) is 6.64. The number of thioether (sulfide) groups is 1. The van der Waals surface area contributed by atoms with Crippen LogP contribution in [0.25, 0.3) is 6.08 Å². The molecule has 31 heavy (non-hydrogen) atoms. The molecule has 2 fully saturated rings. The molecule has 2 aliphatic rings. The van der Waals surface area contributed by atoms with Gasteiger partial charge in [0.05, 0.1) is 22.5 Å². The fraction of sp³-hybridized carbons (Fsp3) is 0.273. The summed E-state index contributed by atoms with van der Waals surface area (Å²) in [5.74, 6) is 0.547. The normalized spacial score (nSPS) is 19.9. The molecule has 9 heteroatoms. The van der Waals surface area contributed by atoms with Gasteiger partial charge in [0.1, 0.15) is 16.7 Å². The average molecular weight is 457 g/mol. The van der Waals surface area contributed by atoms with Gasteiger partial charge in [-0.05, 0) is 42.2 Å². The highest BCUT2D eigenvalue weighted by molar-refractivity contribution is 8.26. The van der Waals surface area contributed by atoms with E-state index in [2.05, 4.69) is 0 Å². The number of rotatable bonds is 7. The van der Waals surface area contributed by atoms with E-state index in [0.29, 0.717) is 27.1 Å². The van der Waals surface area contributed by atoms with Gasteiger partial charge in [-0.3, -0.25) is 19.8 Å². The van der Waals surface area contributed by atoms with E-state index < -0.39 is 4.92 Å². The number of carbonyl (C=O) groups is 1. The third-order valence-electron chi connectivity index (χ3n) is 4.99. The van der Waals surface area contributed by atoms with Crippen LogP contribution in [0.4, 0.5) is 5.69 Å². The number of non-ortho nitro benzene ring substituents is 1. The number of ether oxygens (including phenoxy) is 2. The molecular formula is C22H20N2O5S2. The van der Waals surface area contributed by atoms with Crippen LogP contribution >= 0.6 is 24.0 Å². The largest absolute Gasteiger partial charge is 0.489 e. The zero-order valence-corrected chi connectivity index (χ0v) is 18.2. The fourth-order valence-corrected chi connectivity index (χ4v) is 4.66. The first-order valence-electron chi connectivity index (χ1n) is 9.83.